The van der Waals surface area contributed by atoms with Gasteiger partial charge >= 0.3 is 5.97 Å². The lowest BCUT2D eigenvalue weighted by Gasteiger charge is -2.13. The van der Waals surface area contributed by atoms with Crippen molar-refractivity contribution in [2.45, 2.75) is 39.2 Å². The van der Waals surface area contributed by atoms with Crippen LogP contribution in [0.1, 0.15) is 40.9 Å². The molecule has 2 aromatic rings. The van der Waals surface area contributed by atoms with Gasteiger partial charge in [-0.2, -0.15) is 0 Å². The summed E-state index contributed by atoms with van der Waals surface area (Å²) in [4.78, 5) is 28.7. The average Bonchev–Trinajstić information content (AvgIpc) is 2.94. The molecule has 1 unspecified atom stereocenters. The van der Waals surface area contributed by atoms with Crippen molar-refractivity contribution in [2.75, 3.05) is 0 Å². The molecular weight excluding hydrogens is 312 g/mol. The van der Waals surface area contributed by atoms with Crippen molar-refractivity contribution in [1.82, 2.24) is 10.3 Å². The number of benzene rings is 1. The number of amides is 1. The number of rotatable bonds is 7. The Labute approximate surface area is 139 Å². The maximum Gasteiger partial charge on any atom is 0.326 e. The summed E-state index contributed by atoms with van der Waals surface area (Å²) in [6, 6.07) is 8.57. The molecule has 1 aromatic carbocycles. The molecule has 0 bridgehead atoms. The van der Waals surface area contributed by atoms with E-state index in [-0.39, 0.29) is 5.91 Å². The van der Waals surface area contributed by atoms with Crippen molar-refractivity contribution < 1.29 is 14.7 Å². The first kappa shape index (κ1) is 17.1. The maximum absolute atomic E-state index is 12.5. The Morgan fingerprint density at radius 1 is 1.30 bits per heavy atom. The lowest BCUT2D eigenvalue weighted by molar-refractivity contribution is -0.139. The molecule has 0 radical (unpaired) electrons. The summed E-state index contributed by atoms with van der Waals surface area (Å²) in [5.41, 5.74) is 1.45. The van der Waals surface area contributed by atoms with Crippen LogP contribution in [0.5, 0.6) is 0 Å². The van der Waals surface area contributed by atoms with Gasteiger partial charge in [-0.25, -0.2) is 9.78 Å². The summed E-state index contributed by atoms with van der Waals surface area (Å²) >= 11 is 1.28. The highest BCUT2D eigenvalue weighted by Gasteiger charge is 2.24. The van der Waals surface area contributed by atoms with Crippen LogP contribution in [0, 0.1) is 6.92 Å². The largest absolute Gasteiger partial charge is 0.480 e. The molecule has 2 N–H and O–H groups in total. The van der Waals surface area contributed by atoms with Crippen LogP contribution in [0.4, 0.5) is 0 Å². The molecule has 1 heterocycles. The number of nitrogens with one attached hydrogen (secondary N) is 1. The van der Waals surface area contributed by atoms with Crippen molar-refractivity contribution in [2.24, 2.45) is 0 Å². The minimum atomic E-state index is -1.01. The number of aryl methyl sites for hydroxylation is 1. The van der Waals surface area contributed by atoms with Gasteiger partial charge in [-0.15, -0.1) is 11.3 Å². The molecule has 0 aliphatic heterocycles. The second kappa shape index (κ2) is 7.87. The normalized spacial score (nSPS) is 11.9. The number of carbonyl (C=O) groups is 2. The number of hydrogen-bond donors (Lipinski definition) is 2. The van der Waals surface area contributed by atoms with Crippen LogP contribution in [0.2, 0.25) is 0 Å². The Balaban J connectivity index is 2.24. The van der Waals surface area contributed by atoms with Crippen LogP contribution in [-0.2, 0) is 4.79 Å². The fraction of sp³-hybridized carbons (Fsp3) is 0.353. The first-order valence-electron chi connectivity index (χ1n) is 7.59. The highest BCUT2D eigenvalue weighted by atomic mass is 32.1. The van der Waals surface area contributed by atoms with E-state index in [0.717, 1.165) is 23.4 Å². The van der Waals surface area contributed by atoms with Gasteiger partial charge in [0, 0.05) is 5.56 Å². The van der Waals surface area contributed by atoms with Crippen molar-refractivity contribution in [3.05, 3.63) is 40.2 Å². The Kier molecular flexibility index (Phi) is 5.87. The summed E-state index contributed by atoms with van der Waals surface area (Å²) < 4.78 is 0. The molecule has 1 atom stereocenters. The molecule has 0 saturated carbocycles. The van der Waals surface area contributed by atoms with Crippen molar-refractivity contribution in [1.29, 1.82) is 0 Å². The number of carbonyl (C=O) groups excluding carboxylic acids is 1. The number of unbranched alkanes of at least 4 members (excludes halogenated alkanes) is 1. The van der Waals surface area contributed by atoms with Crippen LogP contribution in [0.3, 0.4) is 0 Å². The third kappa shape index (κ3) is 4.39. The monoisotopic (exact) mass is 332 g/mol. The second-order valence-electron chi connectivity index (χ2n) is 5.28. The molecule has 0 aliphatic carbocycles. The molecule has 0 saturated heterocycles. The number of carboxylic acid groups (broad SMARTS) is 1. The van der Waals surface area contributed by atoms with E-state index in [2.05, 4.69) is 10.3 Å². The molecule has 1 aromatic heterocycles. The van der Waals surface area contributed by atoms with Gasteiger partial charge in [-0.1, -0.05) is 50.1 Å². The fourth-order valence-corrected chi connectivity index (χ4v) is 3.11. The fourth-order valence-electron chi connectivity index (χ4n) is 2.26. The minimum absolute atomic E-state index is 0.377. The Bertz CT molecular complexity index is 682. The molecule has 6 heteroatoms. The van der Waals surface area contributed by atoms with E-state index in [1.54, 1.807) is 0 Å². The van der Waals surface area contributed by atoms with E-state index in [0.29, 0.717) is 17.0 Å². The molecule has 122 valence electrons. The summed E-state index contributed by atoms with van der Waals surface area (Å²) in [6.07, 6.45) is 2.06. The van der Waals surface area contributed by atoms with Gasteiger partial charge in [0.25, 0.3) is 5.91 Å². The molecule has 5 nitrogen and oxygen atoms in total. The van der Waals surface area contributed by atoms with Gasteiger partial charge in [0.2, 0.25) is 0 Å². The zero-order valence-corrected chi connectivity index (χ0v) is 14.0. The minimum Gasteiger partial charge on any atom is -0.480 e. The predicted octanol–water partition coefficient (Wildman–Crippen LogP) is 3.49. The number of nitrogens with zero attached hydrogens (tertiary/aromatic N) is 1. The lowest BCUT2D eigenvalue weighted by atomic mass is 10.1. The van der Waals surface area contributed by atoms with E-state index in [1.807, 2.05) is 44.2 Å². The summed E-state index contributed by atoms with van der Waals surface area (Å²) in [5.74, 6) is -1.38. The first-order chi connectivity index (χ1) is 11.0. The molecule has 2 rings (SSSR count). The van der Waals surface area contributed by atoms with E-state index < -0.39 is 12.0 Å². The van der Waals surface area contributed by atoms with Gasteiger partial charge in [0.1, 0.15) is 10.9 Å². The topological polar surface area (TPSA) is 79.3 Å². The lowest BCUT2D eigenvalue weighted by Crippen LogP contribution is -2.40. The summed E-state index contributed by atoms with van der Waals surface area (Å²) in [7, 11) is 0. The van der Waals surface area contributed by atoms with Crippen LogP contribution >= 0.6 is 11.3 Å². The van der Waals surface area contributed by atoms with Crippen LogP contribution in [0.25, 0.3) is 11.3 Å². The van der Waals surface area contributed by atoms with E-state index in [1.165, 1.54) is 11.3 Å². The Morgan fingerprint density at radius 3 is 2.61 bits per heavy atom. The Hall–Kier alpha value is -2.21. The average molecular weight is 332 g/mol. The molecular formula is C17H20N2O3S. The molecule has 23 heavy (non-hydrogen) atoms. The van der Waals surface area contributed by atoms with Gasteiger partial charge in [-0.3, -0.25) is 4.79 Å². The summed E-state index contributed by atoms with van der Waals surface area (Å²) in [6.45, 7) is 3.82. The quantitative estimate of drug-likeness (QED) is 0.813. The molecule has 1 amide bonds. The van der Waals surface area contributed by atoms with E-state index in [9.17, 15) is 14.7 Å². The molecule has 0 aliphatic rings. The first-order valence-corrected chi connectivity index (χ1v) is 8.41. The van der Waals surface area contributed by atoms with Gasteiger partial charge in [0.15, 0.2) is 0 Å². The standard InChI is InChI=1S/C17H20N2O3S/c1-3-4-10-13(17(21)22)19-16(20)15-14(18-11(2)23-15)12-8-6-5-7-9-12/h5-9,13H,3-4,10H2,1-2H3,(H,19,20)(H,21,22). The number of aliphatic carboxylic acids is 1. The molecule has 0 spiro atoms. The SMILES string of the molecule is CCCCC(NC(=O)c1sc(C)nc1-c1ccccc1)C(=O)O. The molecule has 0 fully saturated rings. The third-order valence-corrected chi connectivity index (χ3v) is 4.41. The van der Waals surface area contributed by atoms with Crippen LogP contribution in [0.15, 0.2) is 30.3 Å². The van der Waals surface area contributed by atoms with Crippen molar-refractivity contribution in [3.8, 4) is 11.3 Å². The second-order valence-corrected chi connectivity index (χ2v) is 6.49. The number of carboxylic acids is 1. The van der Waals surface area contributed by atoms with Gasteiger partial charge in [-0.05, 0) is 13.3 Å². The van der Waals surface area contributed by atoms with E-state index >= 15 is 0 Å². The maximum atomic E-state index is 12.5. The van der Waals surface area contributed by atoms with Crippen LogP contribution in [-0.4, -0.2) is 28.0 Å². The zero-order valence-electron chi connectivity index (χ0n) is 13.2. The van der Waals surface area contributed by atoms with Crippen molar-refractivity contribution in [3.63, 3.8) is 0 Å². The smallest absolute Gasteiger partial charge is 0.326 e. The van der Waals surface area contributed by atoms with Crippen LogP contribution < -0.4 is 5.32 Å². The van der Waals surface area contributed by atoms with Gasteiger partial charge in [0.05, 0.1) is 10.7 Å². The predicted molar refractivity (Wildman–Crippen MR) is 90.7 cm³/mol. The van der Waals surface area contributed by atoms with Crippen molar-refractivity contribution >= 4 is 23.2 Å². The highest BCUT2D eigenvalue weighted by Crippen LogP contribution is 2.28. The van der Waals surface area contributed by atoms with E-state index in [4.69, 9.17) is 0 Å². The number of aromatic nitrogens is 1. The number of thiazole rings is 1. The van der Waals surface area contributed by atoms with Gasteiger partial charge < -0.3 is 10.4 Å². The summed E-state index contributed by atoms with van der Waals surface area (Å²) in [5, 5.41) is 12.7. The third-order valence-electron chi connectivity index (χ3n) is 3.44. The number of hydrogen-bond acceptors (Lipinski definition) is 4. The highest BCUT2D eigenvalue weighted by molar-refractivity contribution is 7.14. The zero-order chi connectivity index (χ0) is 16.8. The Morgan fingerprint density at radius 2 is 2.00 bits per heavy atom.